The van der Waals surface area contributed by atoms with Crippen LogP contribution in [0.2, 0.25) is 0 Å². The molecule has 0 bridgehead atoms. The van der Waals surface area contributed by atoms with Crippen LogP contribution in [0.15, 0.2) is 30.3 Å². The highest BCUT2D eigenvalue weighted by Gasteiger charge is 2.42. The fourth-order valence-corrected chi connectivity index (χ4v) is 2.38. The number of aliphatic carboxylic acids is 1. The number of ether oxygens (including phenoxy) is 2. The van der Waals surface area contributed by atoms with Gasteiger partial charge in [-0.15, -0.1) is 0 Å². The Morgan fingerprint density at radius 2 is 1.95 bits per heavy atom. The van der Waals surface area contributed by atoms with Crippen molar-refractivity contribution in [3.8, 4) is 0 Å². The Bertz CT molecular complexity index is 564. The van der Waals surface area contributed by atoms with Crippen LogP contribution in [0, 0.1) is 0 Å². The highest BCUT2D eigenvalue weighted by Crippen LogP contribution is 2.22. The van der Waals surface area contributed by atoms with Gasteiger partial charge >= 0.3 is 17.5 Å². The third kappa shape index (κ3) is 4.11. The highest BCUT2D eigenvalue weighted by atomic mass is 35.5. The van der Waals surface area contributed by atoms with Crippen LogP contribution in [0.4, 0.5) is 9.59 Å². The molecule has 22 heavy (non-hydrogen) atoms. The first-order valence-corrected chi connectivity index (χ1v) is 6.91. The van der Waals surface area contributed by atoms with E-state index in [0.717, 1.165) is 10.5 Å². The van der Waals surface area contributed by atoms with Gasteiger partial charge in [-0.05, 0) is 5.56 Å². The quantitative estimate of drug-likeness (QED) is 0.852. The molecule has 2 rings (SSSR count). The maximum absolute atomic E-state index is 12.0. The highest BCUT2D eigenvalue weighted by molar-refractivity contribution is 6.61. The van der Waals surface area contributed by atoms with E-state index < -0.39 is 29.6 Å². The molecule has 0 aromatic heterocycles. The van der Waals surface area contributed by atoms with Crippen molar-refractivity contribution in [2.75, 3.05) is 6.54 Å². The van der Waals surface area contributed by atoms with Crippen LogP contribution < -0.4 is 0 Å². The average Bonchev–Trinajstić information content (AvgIpc) is 2.89. The van der Waals surface area contributed by atoms with Gasteiger partial charge in [-0.1, -0.05) is 30.3 Å². The molecule has 1 aromatic rings. The van der Waals surface area contributed by atoms with Gasteiger partial charge in [0.2, 0.25) is 0 Å². The summed E-state index contributed by atoms with van der Waals surface area (Å²) in [5.74, 6) is -1.19. The Hall–Kier alpha value is -2.28. The zero-order chi connectivity index (χ0) is 16.1. The van der Waals surface area contributed by atoms with Crippen molar-refractivity contribution in [3.63, 3.8) is 0 Å². The molecule has 0 saturated carbocycles. The summed E-state index contributed by atoms with van der Waals surface area (Å²) in [5, 5.41) is 9.15. The molecular weight excluding hydrogens is 314 g/mol. The number of carbonyl (C=O) groups is 3. The topological polar surface area (TPSA) is 93.1 Å². The fourth-order valence-electron chi connectivity index (χ4n) is 2.25. The summed E-state index contributed by atoms with van der Waals surface area (Å²) < 4.78 is 9.84. The Kier molecular flexibility index (Phi) is 5.21. The normalized spacial score (nSPS) is 20.5. The summed E-state index contributed by atoms with van der Waals surface area (Å²) in [6.45, 7) is -0.0362. The smallest absolute Gasteiger partial charge is 0.410 e. The molecule has 1 heterocycles. The lowest BCUT2D eigenvalue weighted by molar-refractivity contribution is -0.141. The van der Waals surface area contributed by atoms with E-state index in [1.54, 1.807) is 24.3 Å². The Labute approximate surface area is 131 Å². The maximum atomic E-state index is 12.0. The third-order valence-corrected chi connectivity index (χ3v) is 3.34. The summed E-state index contributed by atoms with van der Waals surface area (Å²) >= 11 is 5.11. The number of amides is 1. The van der Waals surface area contributed by atoms with Crippen molar-refractivity contribution >= 4 is 29.1 Å². The van der Waals surface area contributed by atoms with Crippen LogP contribution in [0.1, 0.15) is 12.0 Å². The Morgan fingerprint density at radius 3 is 2.55 bits per heavy atom. The number of likely N-dealkylation sites (tertiary alicyclic amines) is 1. The first-order chi connectivity index (χ1) is 10.5. The number of carboxylic acids is 1. The lowest BCUT2D eigenvalue weighted by atomic mass is 10.2. The zero-order valence-electron chi connectivity index (χ0n) is 11.5. The van der Waals surface area contributed by atoms with E-state index in [0.29, 0.717) is 0 Å². The third-order valence-electron chi connectivity index (χ3n) is 3.25. The molecule has 0 aliphatic carbocycles. The van der Waals surface area contributed by atoms with Crippen LogP contribution >= 0.6 is 11.6 Å². The van der Waals surface area contributed by atoms with Crippen molar-refractivity contribution in [2.24, 2.45) is 0 Å². The minimum Gasteiger partial charge on any atom is -0.480 e. The number of carbonyl (C=O) groups excluding carboxylic acids is 2. The Morgan fingerprint density at radius 1 is 1.27 bits per heavy atom. The SMILES string of the molecule is O=C(Cl)O[C@@H]1C[C@@H](C(=O)O)N(C(=O)OCc2ccccc2)C1. The second-order valence-electron chi connectivity index (χ2n) is 4.76. The summed E-state index contributed by atoms with van der Waals surface area (Å²) in [5.41, 5.74) is -0.251. The number of hydrogen-bond donors (Lipinski definition) is 1. The first kappa shape index (κ1) is 16.1. The van der Waals surface area contributed by atoms with Gasteiger partial charge in [-0.3, -0.25) is 4.90 Å². The number of carboxylic acid groups (broad SMARTS) is 1. The molecule has 1 aromatic carbocycles. The second-order valence-corrected chi connectivity index (χ2v) is 5.07. The van der Waals surface area contributed by atoms with Gasteiger partial charge in [0.25, 0.3) is 0 Å². The van der Waals surface area contributed by atoms with Crippen molar-refractivity contribution in [2.45, 2.75) is 25.2 Å². The van der Waals surface area contributed by atoms with Gasteiger partial charge in [0.05, 0.1) is 6.54 Å². The van der Waals surface area contributed by atoms with Crippen LogP contribution in [-0.4, -0.2) is 46.2 Å². The predicted molar refractivity (Wildman–Crippen MR) is 75.5 cm³/mol. The van der Waals surface area contributed by atoms with E-state index >= 15 is 0 Å². The van der Waals surface area contributed by atoms with Crippen molar-refractivity contribution in [1.82, 2.24) is 4.90 Å². The number of nitrogens with zero attached hydrogens (tertiary/aromatic N) is 1. The van der Waals surface area contributed by atoms with Crippen molar-refractivity contribution in [3.05, 3.63) is 35.9 Å². The van der Waals surface area contributed by atoms with E-state index in [2.05, 4.69) is 0 Å². The second kappa shape index (κ2) is 7.13. The molecule has 1 aliphatic rings. The number of halogens is 1. The Balaban J connectivity index is 1.97. The summed E-state index contributed by atoms with van der Waals surface area (Å²) in [6.07, 6.45) is -1.55. The van der Waals surface area contributed by atoms with E-state index in [-0.39, 0.29) is 19.6 Å². The van der Waals surface area contributed by atoms with Gasteiger partial charge in [-0.2, -0.15) is 0 Å². The van der Waals surface area contributed by atoms with E-state index in [9.17, 15) is 14.4 Å². The van der Waals surface area contributed by atoms with Crippen LogP contribution in [0.3, 0.4) is 0 Å². The van der Waals surface area contributed by atoms with Gasteiger partial charge in [0.1, 0.15) is 18.8 Å². The summed E-state index contributed by atoms with van der Waals surface area (Å²) in [6, 6.07) is 7.89. The molecule has 7 nitrogen and oxygen atoms in total. The standard InChI is InChI=1S/C14H14ClNO6/c15-13(19)22-10-6-11(12(17)18)16(7-10)14(20)21-8-9-4-2-1-3-5-9/h1-5,10-11H,6-8H2,(H,17,18)/t10-,11+/m1/s1. The average molecular weight is 328 g/mol. The predicted octanol–water partition coefficient (Wildman–Crippen LogP) is 2.23. The molecule has 0 unspecified atom stereocenters. The molecule has 1 amide bonds. The molecule has 1 N–H and O–H groups in total. The molecule has 0 radical (unpaired) electrons. The maximum Gasteiger partial charge on any atom is 0.410 e. The monoisotopic (exact) mass is 327 g/mol. The van der Waals surface area contributed by atoms with Gasteiger partial charge in [-0.25, -0.2) is 14.4 Å². The van der Waals surface area contributed by atoms with Gasteiger partial charge in [0.15, 0.2) is 0 Å². The van der Waals surface area contributed by atoms with Crippen LogP contribution in [0.5, 0.6) is 0 Å². The minimum atomic E-state index is -1.19. The number of hydrogen-bond acceptors (Lipinski definition) is 5. The van der Waals surface area contributed by atoms with Crippen LogP contribution in [0.25, 0.3) is 0 Å². The zero-order valence-corrected chi connectivity index (χ0v) is 12.2. The van der Waals surface area contributed by atoms with E-state index in [1.165, 1.54) is 0 Å². The fraction of sp³-hybridized carbons (Fsp3) is 0.357. The van der Waals surface area contributed by atoms with Gasteiger partial charge in [0, 0.05) is 18.0 Å². The molecule has 118 valence electrons. The van der Waals surface area contributed by atoms with Crippen LogP contribution in [-0.2, 0) is 20.9 Å². The lowest BCUT2D eigenvalue weighted by Crippen LogP contribution is -2.40. The van der Waals surface area contributed by atoms with E-state index in [4.69, 9.17) is 26.2 Å². The number of benzene rings is 1. The molecular formula is C14H14ClNO6. The summed E-state index contributed by atoms with van der Waals surface area (Å²) in [7, 11) is 0. The molecule has 8 heteroatoms. The molecule has 1 saturated heterocycles. The van der Waals surface area contributed by atoms with Crippen molar-refractivity contribution < 1.29 is 29.0 Å². The molecule has 0 spiro atoms. The lowest BCUT2D eigenvalue weighted by Gasteiger charge is -2.20. The molecule has 1 fully saturated rings. The summed E-state index contributed by atoms with van der Waals surface area (Å²) in [4.78, 5) is 35.0. The van der Waals surface area contributed by atoms with Gasteiger partial charge < -0.3 is 14.6 Å². The number of rotatable bonds is 4. The first-order valence-electron chi connectivity index (χ1n) is 6.53. The van der Waals surface area contributed by atoms with E-state index in [1.807, 2.05) is 6.07 Å². The largest absolute Gasteiger partial charge is 0.480 e. The minimum absolute atomic E-state index is 0.0196. The molecule has 1 aliphatic heterocycles. The van der Waals surface area contributed by atoms with Crippen molar-refractivity contribution in [1.29, 1.82) is 0 Å². The molecule has 2 atom stereocenters.